The molecule has 84 valence electrons. The highest BCUT2D eigenvalue weighted by Gasteiger charge is 2.27. The highest BCUT2D eigenvalue weighted by molar-refractivity contribution is 4.81. The SMILES string of the molecule is CC1CCC(C(N)CCC(C)(C)C)O1. The number of rotatable bonds is 3. The van der Waals surface area contributed by atoms with Gasteiger partial charge in [-0.15, -0.1) is 0 Å². The second-order valence-electron chi connectivity index (χ2n) is 5.83. The molecule has 0 aromatic carbocycles. The Hall–Kier alpha value is -0.0800. The van der Waals surface area contributed by atoms with Gasteiger partial charge in [0, 0.05) is 6.04 Å². The summed E-state index contributed by atoms with van der Waals surface area (Å²) in [6.45, 7) is 8.92. The molecule has 1 heterocycles. The largest absolute Gasteiger partial charge is 0.374 e. The zero-order chi connectivity index (χ0) is 10.8. The summed E-state index contributed by atoms with van der Waals surface area (Å²) in [6, 6.07) is 0.235. The fourth-order valence-electron chi connectivity index (χ4n) is 1.93. The molecule has 0 bridgehead atoms. The van der Waals surface area contributed by atoms with Crippen molar-refractivity contribution >= 4 is 0 Å². The molecule has 0 aromatic rings. The van der Waals surface area contributed by atoms with Gasteiger partial charge >= 0.3 is 0 Å². The van der Waals surface area contributed by atoms with Crippen molar-refractivity contribution in [2.45, 2.75) is 71.6 Å². The summed E-state index contributed by atoms with van der Waals surface area (Å²) in [5.74, 6) is 0. The van der Waals surface area contributed by atoms with E-state index in [1.54, 1.807) is 0 Å². The van der Waals surface area contributed by atoms with E-state index in [-0.39, 0.29) is 6.04 Å². The average Bonchev–Trinajstić information content (AvgIpc) is 2.46. The highest BCUT2D eigenvalue weighted by Crippen LogP contribution is 2.26. The summed E-state index contributed by atoms with van der Waals surface area (Å²) in [7, 11) is 0. The first-order valence-electron chi connectivity index (χ1n) is 5.79. The second kappa shape index (κ2) is 4.63. The number of nitrogens with two attached hydrogens (primary N) is 1. The first kappa shape index (κ1) is 12.0. The predicted octanol–water partition coefficient (Wildman–Crippen LogP) is 2.71. The van der Waals surface area contributed by atoms with E-state index >= 15 is 0 Å². The minimum atomic E-state index is 0.235. The molecule has 0 spiro atoms. The Labute approximate surface area is 88.2 Å². The molecule has 0 aliphatic carbocycles. The maximum Gasteiger partial charge on any atom is 0.0730 e. The van der Waals surface area contributed by atoms with Crippen molar-refractivity contribution in [2.24, 2.45) is 11.1 Å². The van der Waals surface area contributed by atoms with Crippen molar-refractivity contribution in [3.05, 3.63) is 0 Å². The third-order valence-corrected chi connectivity index (χ3v) is 2.97. The van der Waals surface area contributed by atoms with Gasteiger partial charge < -0.3 is 10.5 Å². The normalized spacial score (nSPS) is 30.6. The lowest BCUT2D eigenvalue weighted by Gasteiger charge is -2.24. The Morgan fingerprint density at radius 2 is 2.00 bits per heavy atom. The van der Waals surface area contributed by atoms with Crippen LogP contribution >= 0.6 is 0 Å². The molecule has 2 N–H and O–H groups in total. The molecular formula is C12H25NO. The van der Waals surface area contributed by atoms with Crippen LogP contribution in [0.25, 0.3) is 0 Å². The zero-order valence-corrected chi connectivity index (χ0v) is 10.0. The highest BCUT2D eigenvalue weighted by atomic mass is 16.5. The van der Waals surface area contributed by atoms with Crippen LogP contribution in [0.15, 0.2) is 0 Å². The summed E-state index contributed by atoms with van der Waals surface area (Å²) in [6.07, 6.45) is 5.32. The van der Waals surface area contributed by atoms with Crippen LogP contribution < -0.4 is 5.73 Å². The molecule has 0 amide bonds. The van der Waals surface area contributed by atoms with E-state index in [2.05, 4.69) is 27.7 Å². The lowest BCUT2D eigenvalue weighted by molar-refractivity contribution is 0.0366. The van der Waals surface area contributed by atoms with Crippen LogP contribution in [0.3, 0.4) is 0 Å². The molecular weight excluding hydrogens is 174 g/mol. The smallest absolute Gasteiger partial charge is 0.0730 e. The molecule has 3 unspecified atom stereocenters. The summed E-state index contributed by atoms with van der Waals surface area (Å²) in [5.41, 5.74) is 6.51. The molecule has 3 atom stereocenters. The summed E-state index contributed by atoms with van der Waals surface area (Å²) in [5, 5.41) is 0. The van der Waals surface area contributed by atoms with Crippen molar-refractivity contribution in [3.8, 4) is 0 Å². The fourth-order valence-corrected chi connectivity index (χ4v) is 1.93. The molecule has 2 heteroatoms. The van der Waals surface area contributed by atoms with Gasteiger partial charge in [-0.3, -0.25) is 0 Å². The first-order chi connectivity index (χ1) is 6.38. The molecule has 1 aliphatic heterocycles. The van der Waals surface area contributed by atoms with E-state index in [9.17, 15) is 0 Å². The van der Waals surface area contributed by atoms with Gasteiger partial charge in [-0.05, 0) is 38.0 Å². The molecule has 14 heavy (non-hydrogen) atoms. The van der Waals surface area contributed by atoms with Crippen LogP contribution in [-0.2, 0) is 4.74 Å². The molecule has 2 nitrogen and oxygen atoms in total. The Bertz CT molecular complexity index is 174. The van der Waals surface area contributed by atoms with Crippen LogP contribution in [-0.4, -0.2) is 18.2 Å². The van der Waals surface area contributed by atoms with Gasteiger partial charge in [0.2, 0.25) is 0 Å². The van der Waals surface area contributed by atoms with Crippen LogP contribution in [0.5, 0.6) is 0 Å². The van der Waals surface area contributed by atoms with E-state index in [1.807, 2.05) is 0 Å². The fraction of sp³-hybridized carbons (Fsp3) is 1.00. The Balaban J connectivity index is 2.25. The van der Waals surface area contributed by atoms with E-state index in [0.717, 1.165) is 12.8 Å². The topological polar surface area (TPSA) is 35.2 Å². The molecule has 0 saturated carbocycles. The van der Waals surface area contributed by atoms with Gasteiger partial charge in [-0.2, -0.15) is 0 Å². The molecule has 1 aliphatic rings. The monoisotopic (exact) mass is 199 g/mol. The van der Waals surface area contributed by atoms with Gasteiger partial charge in [0.1, 0.15) is 0 Å². The van der Waals surface area contributed by atoms with Gasteiger partial charge in [0.05, 0.1) is 12.2 Å². The maximum atomic E-state index is 6.12. The molecule has 0 aromatic heterocycles. The Kier molecular flexibility index (Phi) is 3.96. The van der Waals surface area contributed by atoms with E-state index in [1.165, 1.54) is 12.8 Å². The quantitative estimate of drug-likeness (QED) is 0.758. The minimum absolute atomic E-state index is 0.235. The zero-order valence-electron chi connectivity index (χ0n) is 10.0. The Morgan fingerprint density at radius 1 is 1.36 bits per heavy atom. The number of hydrogen-bond acceptors (Lipinski definition) is 2. The van der Waals surface area contributed by atoms with Crippen LogP contribution in [0.4, 0.5) is 0 Å². The van der Waals surface area contributed by atoms with Crippen LogP contribution in [0.1, 0.15) is 53.4 Å². The summed E-state index contributed by atoms with van der Waals surface area (Å²) < 4.78 is 5.76. The molecule has 1 rings (SSSR count). The van der Waals surface area contributed by atoms with E-state index in [4.69, 9.17) is 10.5 Å². The first-order valence-corrected chi connectivity index (χ1v) is 5.79. The van der Waals surface area contributed by atoms with E-state index in [0.29, 0.717) is 17.6 Å². The molecule has 1 saturated heterocycles. The number of ether oxygens (including phenoxy) is 1. The van der Waals surface area contributed by atoms with Gasteiger partial charge in [0.15, 0.2) is 0 Å². The summed E-state index contributed by atoms with van der Waals surface area (Å²) in [4.78, 5) is 0. The van der Waals surface area contributed by atoms with Gasteiger partial charge in [-0.1, -0.05) is 20.8 Å². The minimum Gasteiger partial charge on any atom is -0.374 e. The van der Waals surface area contributed by atoms with Gasteiger partial charge in [-0.25, -0.2) is 0 Å². The summed E-state index contributed by atoms with van der Waals surface area (Å²) >= 11 is 0. The van der Waals surface area contributed by atoms with Gasteiger partial charge in [0.25, 0.3) is 0 Å². The average molecular weight is 199 g/mol. The lowest BCUT2D eigenvalue weighted by Crippen LogP contribution is -2.35. The van der Waals surface area contributed by atoms with Crippen molar-refractivity contribution in [3.63, 3.8) is 0 Å². The third-order valence-electron chi connectivity index (χ3n) is 2.97. The van der Waals surface area contributed by atoms with Crippen molar-refractivity contribution < 1.29 is 4.74 Å². The van der Waals surface area contributed by atoms with Crippen LogP contribution in [0.2, 0.25) is 0 Å². The lowest BCUT2D eigenvalue weighted by atomic mass is 9.87. The Morgan fingerprint density at radius 3 is 2.43 bits per heavy atom. The van der Waals surface area contributed by atoms with E-state index < -0.39 is 0 Å². The predicted molar refractivity (Wildman–Crippen MR) is 60.2 cm³/mol. The van der Waals surface area contributed by atoms with Crippen molar-refractivity contribution in [1.82, 2.24) is 0 Å². The molecule has 0 radical (unpaired) electrons. The van der Waals surface area contributed by atoms with Crippen LogP contribution in [0, 0.1) is 5.41 Å². The van der Waals surface area contributed by atoms with Crippen molar-refractivity contribution in [2.75, 3.05) is 0 Å². The second-order valence-corrected chi connectivity index (χ2v) is 5.83. The van der Waals surface area contributed by atoms with Crippen molar-refractivity contribution in [1.29, 1.82) is 0 Å². The molecule has 1 fully saturated rings. The maximum absolute atomic E-state index is 6.12. The third kappa shape index (κ3) is 3.97. The number of hydrogen-bond donors (Lipinski definition) is 1. The standard InChI is InChI=1S/C12H25NO/c1-9-5-6-11(14-9)10(13)7-8-12(2,3)4/h9-11H,5-8,13H2,1-4H3.